The third-order valence-electron chi connectivity index (χ3n) is 2.53. The summed E-state index contributed by atoms with van der Waals surface area (Å²) in [5.74, 6) is -4.09. The van der Waals surface area contributed by atoms with Crippen LogP contribution in [0.25, 0.3) is 0 Å². The molecule has 2 N–H and O–H groups in total. The van der Waals surface area contributed by atoms with Gasteiger partial charge in [-0.2, -0.15) is 13.8 Å². The van der Waals surface area contributed by atoms with Gasteiger partial charge in [0.15, 0.2) is 5.82 Å². The first-order valence-corrected chi connectivity index (χ1v) is 5.86. The number of rotatable bonds is 6. The van der Waals surface area contributed by atoms with Gasteiger partial charge in [-0.25, -0.2) is 8.78 Å². The largest absolute Gasteiger partial charge is 0.367 e. The number of hydrogen-bond donors (Lipinski definition) is 1. The zero-order valence-electron chi connectivity index (χ0n) is 11.4. The van der Waals surface area contributed by atoms with Crippen molar-refractivity contribution in [3.05, 3.63) is 11.7 Å². The molecule has 0 aliphatic rings. The smallest absolute Gasteiger partial charge is 0.330 e. The SMILES string of the molecule is CC(C)(C)[C@@H](N)c1nc(COCC(F)(F)C(F)F)no1. The Morgan fingerprint density at radius 3 is 2.40 bits per heavy atom. The predicted molar refractivity (Wildman–Crippen MR) is 61.3 cm³/mol. The van der Waals surface area contributed by atoms with E-state index < -0.39 is 31.6 Å². The van der Waals surface area contributed by atoms with E-state index in [0.717, 1.165) is 0 Å². The highest BCUT2D eigenvalue weighted by Crippen LogP contribution is 2.29. The van der Waals surface area contributed by atoms with Crippen molar-refractivity contribution in [3.8, 4) is 0 Å². The van der Waals surface area contributed by atoms with E-state index >= 15 is 0 Å². The van der Waals surface area contributed by atoms with E-state index in [1.54, 1.807) is 0 Å². The minimum Gasteiger partial charge on any atom is -0.367 e. The summed E-state index contributed by atoms with van der Waals surface area (Å²) in [6.45, 7) is 3.71. The molecule has 1 heterocycles. The number of nitrogens with two attached hydrogens (primary N) is 1. The molecule has 0 saturated carbocycles. The molecule has 0 bridgehead atoms. The summed E-state index contributed by atoms with van der Waals surface area (Å²) in [6.07, 6.45) is -3.78. The third kappa shape index (κ3) is 4.41. The van der Waals surface area contributed by atoms with E-state index in [0.29, 0.717) is 0 Å². The van der Waals surface area contributed by atoms with Crippen LogP contribution in [0.2, 0.25) is 0 Å². The van der Waals surface area contributed by atoms with Gasteiger partial charge in [0.25, 0.3) is 0 Å². The number of halogens is 4. The maximum Gasteiger partial charge on any atom is 0.330 e. The molecule has 1 rings (SSSR count). The Bertz CT molecular complexity index is 432. The van der Waals surface area contributed by atoms with Crippen molar-refractivity contribution in [1.29, 1.82) is 0 Å². The van der Waals surface area contributed by atoms with Gasteiger partial charge in [-0.05, 0) is 5.41 Å². The van der Waals surface area contributed by atoms with Crippen LogP contribution in [0.5, 0.6) is 0 Å². The van der Waals surface area contributed by atoms with Crippen LogP contribution in [0.4, 0.5) is 17.6 Å². The van der Waals surface area contributed by atoms with Crippen LogP contribution in [0.3, 0.4) is 0 Å². The van der Waals surface area contributed by atoms with Crippen LogP contribution in [0, 0.1) is 5.41 Å². The first kappa shape index (κ1) is 16.8. The van der Waals surface area contributed by atoms with Gasteiger partial charge in [-0.15, -0.1) is 0 Å². The molecule has 1 aromatic rings. The molecule has 116 valence electrons. The van der Waals surface area contributed by atoms with Crippen molar-refractivity contribution >= 4 is 0 Å². The van der Waals surface area contributed by atoms with Crippen LogP contribution in [-0.2, 0) is 11.3 Å². The molecule has 0 aromatic carbocycles. The molecule has 0 radical (unpaired) electrons. The predicted octanol–water partition coefficient (Wildman–Crippen LogP) is 2.53. The summed E-state index contributed by atoms with van der Waals surface area (Å²) in [6, 6.07) is -0.536. The van der Waals surface area contributed by atoms with Gasteiger partial charge in [0.2, 0.25) is 5.89 Å². The summed E-state index contributed by atoms with van der Waals surface area (Å²) in [4.78, 5) is 3.88. The average molecular weight is 299 g/mol. The topological polar surface area (TPSA) is 74.2 Å². The fourth-order valence-electron chi connectivity index (χ4n) is 1.16. The average Bonchev–Trinajstić information content (AvgIpc) is 2.74. The molecule has 0 saturated heterocycles. The Kier molecular flexibility index (Phi) is 5.09. The van der Waals surface area contributed by atoms with E-state index in [1.807, 2.05) is 20.8 Å². The van der Waals surface area contributed by atoms with E-state index in [1.165, 1.54) is 0 Å². The van der Waals surface area contributed by atoms with E-state index in [9.17, 15) is 17.6 Å². The van der Waals surface area contributed by atoms with Crippen LogP contribution in [-0.4, -0.2) is 29.1 Å². The van der Waals surface area contributed by atoms with Crippen molar-refractivity contribution in [2.24, 2.45) is 11.1 Å². The highest BCUT2D eigenvalue weighted by molar-refractivity contribution is 4.95. The van der Waals surface area contributed by atoms with Gasteiger partial charge < -0.3 is 15.0 Å². The van der Waals surface area contributed by atoms with Crippen LogP contribution >= 0.6 is 0 Å². The number of alkyl halides is 4. The molecular formula is C11H17F4N3O2. The summed E-state index contributed by atoms with van der Waals surface area (Å²) in [7, 11) is 0. The molecule has 0 unspecified atom stereocenters. The molecule has 5 nitrogen and oxygen atoms in total. The maximum absolute atomic E-state index is 12.6. The molecule has 1 aromatic heterocycles. The zero-order chi connectivity index (χ0) is 15.6. The van der Waals surface area contributed by atoms with Crippen molar-refractivity contribution in [2.75, 3.05) is 6.61 Å². The second-order valence-electron chi connectivity index (χ2n) is 5.45. The summed E-state index contributed by atoms with van der Waals surface area (Å²) in [5.41, 5.74) is 5.54. The summed E-state index contributed by atoms with van der Waals surface area (Å²) < 4.78 is 58.3. The van der Waals surface area contributed by atoms with Crippen molar-refractivity contribution < 1.29 is 26.8 Å². The lowest BCUT2D eigenvalue weighted by Crippen LogP contribution is -2.32. The van der Waals surface area contributed by atoms with Crippen molar-refractivity contribution in [1.82, 2.24) is 10.1 Å². The third-order valence-corrected chi connectivity index (χ3v) is 2.53. The quantitative estimate of drug-likeness (QED) is 0.817. The van der Waals surface area contributed by atoms with E-state index in [2.05, 4.69) is 14.9 Å². The van der Waals surface area contributed by atoms with Gasteiger partial charge in [0.05, 0.1) is 6.04 Å². The lowest BCUT2D eigenvalue weighted by molar-refractivity contribution is -0.168. The van der Waals surface area contributed by atoms with Gasteiger partial charge >= 0.3 is 12.3 Å². The molecule has 0 fully saturated rings. The van der Waals surface area contributed by atoms with Gasteiger partial charge in [-0.3, -0.25) is 0 Å². The van der Waals surface area contributed by atoms with Crippen LogP contribution in [0.15, 0.2) is 4.52 Å². The standard InChI is InChI=1S/C11H17F4N3O2/c1-10(2,3)7(16)8-17-6(18-20-8)4-19-5-11(14,15)9(12)13/h7,9H,4-5,16H2,1-3H3/t7-/m0/s1. The van der Waals surface area contributed by atoms with Gasteiger partial charge in [0, 0.05) is 0 Å². The van der Waals surface area contributed by atoms with Gasteiger partial charge in [0.1, 0.15) is 13.2 Å². The number of hydrogen-bond acceptors (Lipinski definition) is 5. The Morgan fingerprint density at radius 1 is 1.30 bits per heavy atom. The lowest BCUT2D eigenvalue weighted by Gasteiger charge is -2.23. The second-order valence-corrected chi connectivity index (χ2v) is 5.45. The van der Waals surface area contributed by atoms with E-state index in [4.69, 9.17) is 10.3 Å². The Balaban J connectivity index is 2.54. The molecule has 0 aliphatic carbocycles. The molecule has 9 heteroatoms. The monoisotopic (exact) mass is 299 g/mol. The zero-order valence-corrected chi connectivity index (χ0v) is 11.4. The Hall–Kier alpha value is -1.22. The van der Waals surface area contributed by atoms with Crippen molar-refractivity contribution in [3.63, 3.8) is 0 Å². The fraction of sp³-hybridized carbons (Fsp3) is 0.818. The molecule has 0 amide bonds. The molecule has 0 spiro atoms. The summed E-state index contributed by atoms with van der Waals surface area (Å²) in [5, 5.41) is 3.49. The molecule has 1 atom stereocenters. The Morgan fingerprint density at radius 2 is 1.90 bits per heavy atom. The maximum atomic E-state index is 12.6. The lowest BCUT2D eigenvalue weighted by atomic mass is 9.87. The highest BCUT2D eigenvalue weighted by atomic mass is 19.3. The Labute approximate surface area is 113 Å². The van der Waals surface area contributed by atoms with Gasteiger partial charge in [-0.1, -0.05) is 25.9 Å². The normalized spacial score (nSPS) is 14.8. The molecule has 0 aliphatic heterocycles. The summed E-state index contributed by atoms with van der Waals surface area (Å²) >= 11 is 0. The fourth-order valence-corrected chi connectivity index (χ4v) is 1.16. The molecular weight excluding hydrogens is 282 g/mol. The number of aromatic nitrogens is 2. The van der Waals surface area contributed by atoms with Crippen LogP contribution in [0.1, 0.15) is 38.5 Å². The minimum absolute atomic E-state index is 0.0234. The highest BCUT2D eigenvalue weighted by Gasteiger charge is 2.41. The first-order chi connectivity index (χ1) is 9.04. The second kappa shape index (κ2) is 6.04. The molecule has 20 heavy (non-hydrogen) atoms. The van der Waals surface area contributed by atoms with E-state index in [-0.39, 0.29) is 17.1 Å². The van der Waals surface area contributed by atoms with Crippen molar-refractivity contribution in [2.45, 2.75) is 45.8 Å². The number of ether oxygens (including phenoxy) is 1. The first-order valence-electron chi connectivity index (χ1n) is 5.86. The minimum atomic E-state index is -4.20. The van der Waals surface area contributed by atoms with Crippen LogP contribution < -0.4 is 5.73 Å². The number of nitrogens with zero attached hydrogens (tertiary/aromatic N) is 2.